The maximum Gasteiger partial charge on any atom is 0.0671 e. The number of thiophene rings is 1. The van der Waals surface area contributed by atoms with E-state index in [1.54, 1.807) is 0 Å². The van der Waals surface area contributed by atoms with Gasteiger partial charge < -0.3 is 10.2 Å². The second-order valence-electron chi connectivity index (χ2n) is 4.68. The van der Waals surface area contributed by atoms with Gasteiger partial charge in [0.25, 0.3) is 0 Å². The third kappa shape index (κ3) is 2.57. The molecule has 2 rings (SSSR count). The van der Waals surface area contributed by atoms with Crippen LogP contribution in [0.1, 0.15) is 22.0 Å². The van der Waals surface area contributed by atoms with Crippen molar-refractivity contribution in [1.82, 2.24) is 5.32 Å². The highest BCUT2D eigenvalue weighted by Crippen LogP contribution is 2.29. The first-order valence-corrected chi connectivity index (χ1v) is 7.00. The van der Waals surface area contributed by atoms with Crippen molar-refractivity contribution in [3.63, 3.8) is 0 Å². The van der Waals surface area contributed by atoms with E-state index in [-0.39, 0.29) is 0 Å². The summed E-state index contributed by atoms with van der Waals surface area (Å²) < 4.78 is 0. The molecule has 1 atom stereocenters. The predicted molar refractivity (Wildman–Crippen MR) is 80.7 cm³/mol. The topological polar surface area (TPSA) is 15.3 Å². The fourth-order valence-corrected chi connectivity index (χ4v) is 3.16. The Bertz CT molecular complexity index is 499. The lowest BCUT2D eigenvalue weighted by Gasteiger charge is -2.18. The van der Waals surface area contributed by atoms with Crippen LogP contribution in [0, 0.1) is 6.92 Å². The Morgan fingerprint density at radius 1 is 1.11 bits per heavy atom. The Morgan fingerprint density at radius 2 is 1.78 bits per heavy atom. The van der Waals surface area contributed by atoms with Crippen LogP contribution in [0.2, 0.25) is 0 Å². The Balaban J connectivity index is 2.31. The summed E-state index contributed by atoms with van der Waals surface area (Å²) in [5, 5.41) is 5.56. The molecule has 18 heavy (non-hydrogen) atoms. The molecule has 3 heteroatoms. The average molecular weight is 260 g/mol. The highest BCUT2D eigenvalue weighted by molar-refractivity contribution is 7.10. The normalized spacial score (nSPS) is 12.4. The first-order valence-electron chi connectivity index (χ1n) is 6.12. The summed E-state index contributed by atoms with van der Waals surface area (Å²) in [4.78, 5) is 3.52. The minimum Gasteiger partial charge on any atom is -0.378 e. The van der Waals surface area contributed by atoms with E-state index in [4.69, 9.17) is 0 Å². The Morgan fingerprint density at radius 3 is 2.22 bits per heavy atom. The van der Waals surface area contributed by atoms with Crippen molar-refractivity contribution in [2.24, 2.45) is 0 Å². The van der Waals surface area contributed by atoms with Crippen LogP contribution >= 0.6 is 11.3 Å². The molecule has 0 amide bonds. The molecule has 0 aliphatic rings. The molecule has 0 saturated carbocycles. The average Bonchev–Trinajstić information content (AvgIpc) is 2.78. The van der Waals surface area contributed by atoms with E-state index in [1.165, 1.54) is 21.7 Å². The second kappa shape index (κ2) is 5.55. The number of nitrogens with zero attached hydrogens (tertiary/aromatic N) is 1. The van der Waals surface area contributed by atoms with Crippen LogP contribution in [0.4, 0.5) is 5.69 Å². The Kier molecular flexibility index (Phi) is 4.04. The summed E-state index contributed by atoms with van der Waals surface area (Å²) in [6, 6.07) is 11.2. The smallest absolute Gasteiger partial charge is 0.0671 e. The molecule has 0 aliphatic heterocycles. The van der Waals surface area contributed by atoms with Crippen molar-refractivity contribution >= 4 is 17.0 Å². The van der Waals surface area contributed by atoms with Crippen molar-refractivity contribution < 1.29 is 0 Å². The molecule has 0 saturated heterocycles. The largest absolute Gasteiger partial charge is 0.378 e. The number of rotatable bonds is 4. The Labute approximate surface area is 113 Å². The van der Waals surface area contributed by atoms with Gasteiger partial charge in [-0.15, -0.1) is 11.3 Å². The van der Waals surface area contributed by atoms with E-state index >= 15 is 0 Å². The monoisotopic (exact) mass is 260 g/mol. The number of hydrogen-bond donors (Lipinski definition) is 1. The molecule has 0 fully saturated rings. The fourth-order valence-electron chi connectivity index (χ4n) is 2.09. The van der Waals surface area contributed by atoms with Crippen LogP contribution in [0.15, 0.2) is 35.7 Å². The molecule has 96 valence electrons. The third-order valence-electron chi connectivity index (χ3n) is 3.20. The molecule has 1 N–H and O–H groups in total. The number of benzene rings is 1. The van der Waals surface area contributed by atoms with Crippen LogP contribution in [0.3, 0.4) is 0 Å². The second-order valence-corrected chi connectivity index (χ2v) is 5.62. The summed E-state index contributed by atoms with van der Waals surface area (Å²) >= 11 is 1.81. The molecule has 2 nitrogen and oxygen atoms in total. The molecule has 1 aromatic carbocycles. The van der Waals surface area contributed by atoms with Gasteiger partial charge in [0, 0.05) is 24.7 Å². The highest BCUT2D eigenvalue weighted by atomic mass is 32.1. The van der Waals surface area contributed by atoms with E-state index in [0.717, 1.165) is 0 Å². The molecule has 0 radical (unpaired) electrons. The van der Waals surface area contributed by atoms with Gasteiger partial charge in [0.2, 0.25) is 0 Å². The van der Waals surface area contributed by atoms with E-state index in [2.05, 4.69) is 66.9 Å². The third-order valence-corrected chi connectivity index (χ3v) is 4.28. The molecule has 1 unspecified atom stereocenters. The van der Waals surface area contributed by atoms with Gasteiger partial charge in [-0.1, -0.05) is 12.1 Å². The molecule has 1 aromatic heterocycles. The summed E-state index contributed by atoms with van der Waals surface area (Å²) in [5.74, 6) is 0. The van der Waals surface area contributed by atoms with Crippen LogP contribution in [-0.2, 0) is 0 Å². The van der Waals surface area contributed by atoms with E-state index in [0.29, 0.717) is 6.04 Å². The number of aryl methyl sites for hydroxylation is 1. The van der Waals surface area contributed by atoms with Crippen LogP contribution in [0.25, 0.3) is 0 Å². The quantitative estimate of drug-likeness (QED) is 0.906. The Hall–Kier alpha value is -1.32. The molecule has 0 spiro atoms. The molecule has 0 bridgehead atoms. The van der Waals surface area contributed by atoms with E-state index in [9.17, 15) is 0 Å². The lowest BCUT2D eigenvalue weighted by atomic mass is 10.0. The van der Waals surface area contributed by atoms with Gasteiger partial charge in [-0.25, -0.2) is 0 Å². The van der Waals surface area contributed by atoms with Crippen molar-refractivity contribution in [3.05, 3.63) is 51.7 Å². The molecule has 0 aliphatic carbocycles. The summed E-state index contributed by atoms with van der Waals surface area (Å²) in [7, 11) is 6.14. The molecular formula is C15H20N2S. The summed E-state index contributed by atoms with van der Waals surface area (Å²) in [5.41, 5.74) is 3.90. The van der Waals surface area contributed by atoms with E-state index < -0.39 is 0 Å². The predicted octanol–water partition coefficient (Wildman–Crippen LogP) is 3.43. The number of anilines is 1. The van der Waals surface area contributed by atoms with Crippen molar-refractivity contribution in [2.45, 2.75) is 13.0 Å². The highest BCUT2D eigenvalue weighted by Gasteiger charge is 2.15. The lowest BCUT2D eigenvalue weighted by Crippen LogP contribution is -2.17. The minimum atomic E-state index is 0.293. The van der Waals surface area contributed by atoms with Crippen molar-refractivity contribution in [2.75, 3.05) is 26.0 Å². The fraction of sp³-hybridized carbons (Fsp3) is 0.333. The SMILES string of the molecule is CNC(c1ccc(N(C)C)cc1)c1sccc1C. The first-order chi connectivity index (χ1) is 8.63. The number of hydrogen-bond acceptors (Lipinski definition) is 3. The van der Waals surface area contributed by atoms with Gasteiger partial charge >= 0.3 is 0 Å². The maximum atomic E-state index is 3.41. The zero-order valence-corrected chi connectivity index (χ0v) is 12.2. The van der Waals surface area contributed by atoms with Gasteiger partial charge in [-0.3, -0.25) is 0 Å². The standard InChI is InChI=1S/C15H20N2S/c1-11-9-10-18-15(11)14(16-2)12-5-7-13(8-6-12)17(3)4/h5-10,14,16H,1-4H3. The molecule has 2 aromatic rings. The zero-order chi connectivity index (χ0) is 13.1. The van der Waals surface area contributed by atoms with Gasteiger partial charge in [-0.2, -0.15) is 0 Å². The van der Waals surface area contributed by atoms with Gasteiger partial charge in [0.05, 0.1) is 6.04 Å². The van der Waals surface area contributed by atoms with Gasteiger partial charge in [-0.05, 0) is 48.7 Å². The molecule has 1 heterocycles. The van der Waals surface area contributed by atoms with Gasteiger partial charge in [0.15, 0.2) is 0 Å². The van der Waals surface area contributed by atoms with E-state index in [1.807, 2.05) is 18.4 Å². The van der Waals surface area contributed by atoms with Crippen LogP contribution in [0.5, 0.6) is 0 Å². The number of nitrogens with one attached hydrogen (secondary N) is 1. The minimum absolute atomic E-state index is 0.293. The van der Waals surface area contributed by atoms with Crippen LogP contribution in [-0.4, -0.2) is 21.1 Å². The van der Waals surface area contributed by atoms with Crippen LogP contribution < -0.4 is 10.2 Å². The van der Waals surface area contributed by atoms with Crippen molar-refractivity contribution in [1.29, 1.82) is 0 Å². The summed E-state index contributed by atoms with van der Waals surface area (Å²) in [6.45, 7) is 2.17. The molecular weight excluding hydrogens is 240 g/mol. The van der Waals surface area contributed by atoms with Crippen molar-refractivity contribution in [3.8, 4) is 0 Å². The summed E-state index contributed by atoms with van der Waals surface area (Å²) in [6.07, 6.45) is 0. The lowest BCUT2D eigenvalue weighted by molar-refractivity contribution is 0.700. The zero-order valence-electron chi connectivity index (χ0n) is 11.4. The van der Waals surface area contributed by atoms with Gasteiger partial charge in [0.1, 0.15) is 0 Å². The first kappa shape index (κ1) is 13.1. The maximum absolute atomic E-state index is 3.41.